The highest BCUT2D eigenvalue weighted by molar-refractivity contribution is 7.99. The monoisotopic (exact) mass is 379 g/mol. The molecule has 0 saturated heterocycles. The van der Waals surface area contributed by atoms with Crippen LogP contribution in [0.15, 0.2) is 27.8 Å². The molecule has 0 radical (unpaired) electrons. The van der Waals surface area contributed by atoms with Crippen molar-refractivity contribution in [2.75, 3.05) is 20.0 Å². The first-order chi connectivity index (χ1) is 12.4. The normalized spacial score (nSPS) is 11.1. The van der Waals surface area contributed by atoms with Gasteiger partial charge in [0.1, 0.15) is 0 Å². The number of ether oxygens (including phenoxy) is 2. The molecule has 0 bridgehead atoms. The van der Waals surface area contributed by atoms with Crippen LogP contribution in [0.1, 0.15) is 27.7 Å². The Morgan fingerprint density at radius 3 is 2.35 bits per heavy atom. The summed E-state index contributed by atoms with van der Waals surface area (Å²) in [5, 5.41) is 8.42. The number of aromatic nitrogens is 2. The molecule has 0 N–H and O–H groups in total. The van der Waals surface area contributed by atoms with Gasteiger partial charge in [0.15, 0.2) is 11.5 Å². The molecule has 0 aliphatic rings. The molecule has 0 unspecified atom stereocenters. The molecule has 0 spiro atoms. The van der Waals surface area contributed by atoms with Gasteiger partial charge in [0.2, 0.25) is 11.8 Å². The lowest BCUT2D eigenvalue weighted by molar-refractivity contribution is -0.131. The first-order valence-electron chi connectivity index (χ1n) is 8.37. The molecular weight excluding hydrogens is 354 g/mol. The third-order valence-electron chi connectivity index (χ3n) is 3.76. The van der Waals surface area contributed by atoms with E-state index in [1.54, 1.807) is 26.4 Å². The summed E-state index contributed by atoms with van der Waals surface area (Å²) >= 11 is 1.24. The fourth-order valence-electron chi connectivity index (χ4n) is 2.72. The number of methoxy groups -OCH3 is 2. The van der Waals surface area contributed by atoms with Crippen molar-refractivity contribution in [2.45, 2.75) is 45.0 Å². The summed E-state index contributed by atoms with van der Waals surface area (Å²) in [5.74, 6) is 1.87. The highest BCUT2D eigenvalue weighted by atomic mass is 32.2. The highest BCUT2D eigenvalue weighted by Gasteiger charge is 2.21. The third-order valence-corrected chi connectivity index (χ3v) is 4.56. The van der Waals surface area contributed by atoms with Gasteiger partial charge in [-0.25, -0.2) is 0 Å². The molecule has 0 saturated carbocycles. The quantitative estimate of drug-likeness (QED) is 0.650. The number of rotatable bonds is 8. The Kier molecular flexibility index (Phi) is 6.90. The van der Waals surface area contributed by atoms with Crippen LogP contribution in [0, 0.1) is 0 Å². The molecule has 0 aliphatic carbocycles. The van der Waals surface area contributed by atoms with Crippen molar-refractivity contribution >= 4 is 17.7 Å². The van der Waals surface area contributed by atoms with Gasteiger partial charge < -0.3 is 18.8 Å². The second kappa shape index (κ2) is 8.93. The zero-order chi connectivity index (χ0) is 19.3. The van der Waals surface area contributed by atoms with Crippen LogP contribution in [-0.2, 0) is 4.79 Å². The van der Waals surface area contributed by atoms with Gasteiger partial charge in [-0.1, -0.05) is 11.8 Å². The molecule has 142 valence electrons. The van der Waals surface area contributed by atoms with Crippen molar-refractivity contribution in [3.8, 4) is 23.0 Å². The number of carbonyl (C=O) groups excluding carboxylic acids is 1. The number of hydrogen-bond acceptors (Lipinski definition) is 7. The summed E-state index contributed by atoms with van der Waals surface area (Å²) in [7, 11) is 3.14. The lowest BCUT2D eigenvalue weighted by Crippen LogP contribution is -2.43. The lowest BCUT2D eigenvalue weighted by atomic mass is 10.2. The van der Waals surface area contributed by atoms with E-state index in [-0.39, 0.29) is 23.7 Å². The maximum absolute atomic E-state index is 12.4. The standard InChI is InChI=1S/C18H25N3O4S/c1-11(2)21(12(3)4)16(22)10-26-18-20-19-17(25-18)13-7-8-14(23-5)15(9-13)24-6/h7-9,11-12H,10H2,1-6H3. The van der Waals surface area contributed by atoms with E-state index in [2.05, 4.69) is 10.2 Å². The molecule has 1 amide bonds. The van der Waals surface area contributed by atoms with Gasteiger partial charge in [0.05, 0.1) is 20.0 Å². The number of benzene rings is 1. The van der Waals surface area contributed by atoms with Gasteiger partial charge in [-0.3, -0.25) is 4.79 Å². The maximum Gasteiger partial charge on any atom is 0.277 e. The Bertz CT molecular complexity index is 738. The molecule has 1 heterocycles. The number of amides is 1. The largest absolute Gasteiger partial charge is 0.493 e. The van der Waals surface area contributed by atoms with Gasteiger partial charge >= 0.3 is 0 Å². The highest BCUT2D eigenvalue weighted by Crippen LogP contribution is 2.32. The minimum Gasteiger partial charge on any atom is -0.493 e. The minimum absolute atomic E-state index is 0.0471. The van der Waals surface area contributed by atoms with Crippen LogP contribution >= 0.6 is 11.8 Å². The van der Waals surface area contributed by atoms with Gasteiger partial charge in [-0.05, 0) is 45.9 Å². The Balaban J connectivity index is 2.07. The van der Waals surface area contributed by atoms with E-state index in [0.717, 1.165) is 5.56 Å². The predicted octanol–water partition coefficient (Wildman–Crippen LogP) is 3.49. The number of hydrogen-bond donors (Lipinski definition) is 0. The third kappa shape index (κ3) is 4.69. The second-order valence-electron chi connectivity index (χ2n) is 6.22. The lowest BCUT2D eigenvalue weighted by Gasteiger charge is -2.30. The van der Waals surface area contributed by atoms with E-state index in [9.17, 15) is 4.79 Å². The molecule has 2 rings (SSSR count). The molecule has 2 aromatic rings. The molecule has 1 aromatic carbocycles. The van der Waals surface area contributed by atoms with Crippen molar-refractivity contribution in [2.24, 2.45) is 0 Å². The van der Waals surface area contributed by atoms with Crippen molar-refractivity contribution < 1.29 is 18.7 Å². The fourth-order valence-corrected chi connectivity index (χ4v) is 3.36. The molecule has 7 nitrogen and oxygen atoms in total. The Hall–Kier alpha value is -2.22. The van der Waals surface area contributed by atoms with Crippen LogP contribution in [0.5, 0.6) is 11.5 Å². The molecule has 0 aliphatic heterocycles. The van der Waals surface area contributed by atoms with Crippen LogP contribution < -0.4 is 9.47 Å². The molecule has 0 atom stereocenters. The van der Waals surface area contributed by atoms with Crippen molar-refractivity contribution in [3.05, 3.63) is 18.2 Å². The van der Waals surface area contributed by atoms with E-state index in [4.69, 9.17) is 13.9 Å². The van der Waals surface area contributed by atoms with E-state index in [1.807, 2.05) is 38.7 Å². The SMILES string of the molecule is COc1ccc(-c2nnc(SCC(=O)N(C(C)C)C(C)C)o2)cc1OC. The molecule has 8 heteroatoms. The van der Waals surface area contributed by atoms with E-state index < -0.39 is 0 Å². The van der Waals surface area contributed by atoms with Crippen molar-refractivity contribution in [1.29, 1.82) is 0 Å². The zero-order valence-electron chi connectivity index (χ0n) is 16.0. The summed E-state index contributed by atoms with van der Waals surface area (Å²) < 4.78 is 16.2. The summed E-state index contributed by atoms with van der Waals surface area (Å²) in [6, 6.07) is 5.65. The van der Waals surface area contributed by atoms with Gasteiger partial charge in [0.25, 0.3) is 5.22 Å². The Labute approximate surface area is 158 Å². The summed E-state index contributed by atoms with van der Waals surface area (Å²) in [6.45, 7) is 8.02. The molecule has 26 heavy (non-hydrogen) atoms. The number of carbonyl (C=O) groups is 1. The molecular formula is C18H25N3O4S. The minimum atomic E-state index is 0.0471. The van der Waals surface area contributed by atoms with Gasteiger partial charge in [-0.15, -0.1) is 10.2 Å². The first kappa shape index (κ1) is 20.1. The Morgan fingerprint density at radius 2 is 1.77 bits per heavy atom. The fraction of sp³-hybridized carbons (Fsp3) is 0.500. The van der Waals surface area contributed by atoms with Crippen molar-refractivity contribution in [3.63, 3.8) is 0 Å². The van der Waals surface area contributed by atoms with E-state index >= 15 is 0 Å². The van der Waals surface area contributed by atoms with Gasteiger partial charge in [0, 0.05) is 17.6 Å². The smallest absolute Gasteiger partial charge is 0.277 e. The predicted molar refractivity (Wildman–Crippen MR) is 101 cm³/mol. The topological polar surface area (TPSA) is 77.7 Å². The average molecular weight is 379 g/mol. The van der Waals surface area contributed by atoms with Crippen LogP contribution in [0.2, 0.25) is 0 Å². The van der Waals surface area contributed by atoms with Crippen LogP contribution in [0.4, 0.5) is 0 Å². The summed E-state index contributed by atoms with van der Waals surface area (Å²) in [6.07, 6.45) is 0. The Morgan fingerprint density at radius 1 is 1.12 bits per heavy atom. The van der Waals surface area contributed by atoms with E-state index in [0.29, 0.717) is 22.6 Å². The number of nitrogens with zero attached hydrogens (tertiary/aromatic N) is 3. The first-order valence-corrected chi connectivity index (χ1v) is 9.35. The summed E-state index contributed by atoms with van der Waals surface area (Å²) in [5.41, 5.74) is 0.722. The summed E-state index contributed by atoms with van der Waals surface area (Å²) in [4.78, 5) is 14.3. The molecule has 0 fully saturated rings. The average Bonchev–Trinajstić information content (AvgIpc) is 3.07. The van der Waals surface area contributed by atoms with Crippen LogP contribution in [-0.4, -0.2) is 53.1 Å². The van der Waals surface area contributed by atoms with Crippen molar-refractivity contribution in [1.82, 2.24) is 15.1 Å². The number of thioether (sulfide) groups is 1. The molecule has 1 aromatic heterocycles. The zero-order valence-corrected chi connectivity index (χ0v) is 16.8. The van der Waals surface area contributed by atoms with Gasteiger partial charge in [-0.2, -0.15) is 0 Å². The van der Waals surface area contributed by atoms with Crippen LogP contribution in [0.3, 0.4) is 0 Å². The van der Waals surface area contributed by atoms with E-state index in [1.165, 1.54) is 11.8 Å². The second-order valence-corrected chi connectivity index (χ2v) is 7.15. The maximum atomic E-state index is 12.4. The van der Waals surface area contributed by atoms with Crippen LogP contribution in [0.25, 0.3) is 11.5 Å².